The Hall–Kier alpha value is -3.50. The highest BCUT2D eigenvalue weighted by Gasteiger charge is 2.34. The van der Waals surface area contributed by atoms with Gasteiger partial charge < -0.3 is 24.5 Å². The molecule has 0 radical (unpaired) electrons. The first-order chi connectivity index (χ1) is 19.2. The highest BCUT2D eigenvalue weighted by atomic mass is 16.7. The van der Waals surface area contributed by atoms with Crippen molar-refractivity contribution in [1.82, 2.24) is 25.4 Å². The number of nitrogens with one attached hydrogen (secondary N) is 2. The van der Waals surface area contributed by atoms with Crippen molar-refractivity contribution in [1.29, 1.82) is 0 Å². The third-order valence-electron chi connectivity index (χ3n) is 7.60. The largest absolute Gasteiger partial charge is 0.431 e. The van der Waals surface area contributed by atoms with E-state index in [1.54, 1.807) is 10.7 Å². The molecule has 2 amide bonds. The molecular weight excluding hydrogens is 510 g/mol. The summed E-state index contributed by atoms with van der Waals surface area (Å²) >= 11 is 0. The second-order valence-electron chi connectivity index (χ2n) is 11.2. The highest BCUT2D eigenvalue weighted by Crippen LogP contribution is 2.33. The van der Waals surface area contributed by atoms with Gasteiger partial charge in [-0.25, -0.2) is 4.98 Å². The first-order valence-electron chi connectivity index (χ1n) is 14.2. The van der Waals surface area contributed by atoms with Crippen LogP contribution in [0.25, 0.3) is 22.7 Å². The Bertz CT molecular complexity index is 1350. The number of aromatic nitrogens is 3. The van der Waals surface area contributed by atoms with E-state index >= 15 is 0 Å². The first-order valence-corrected chi connectivity index (χ1v) is 14.2. The molecule has 5 rings (SSSR count). The van der Waals surface area contributed by atoms with Gasteiger partial charge in [0.15, 0.2) is 5.79 Å². The molecule has 1 aliphatic heterocycles. The molecule has 2 atom stereocenters. The van der Waals surface area contributed by atoms with E-state index in [2.05, 4.69) is 15.6 Å². The molecule has 40 heavy (non-hydrogen) atoms. The Balaban J connectivity index is 1.39. The molecule has 1 aromatic carbocycles. The summed E-state index contributed by atoms with van der Waals surface area (Å²) in [5, 5.41) is 10.9. The molecule has 2 aromatic heterocycles. The van der Waals surface area contributed by atoms with Crippen molar-refractivity contribution in [3.05, 3.63) is 48.0 Å². The van der Waals surface area contributed by atoms with Crippen molar-refractivity contribution < 1.29 is 23.5 Å². The molecule has 1 unspecified atom stereocenters. The Kier molecular flexibility index (Phi) is 8.09. The number of amides is 2. The van der Waals surface area contributed by atoms with Crippen molar-refractivity contribution >= 4 is 11.8 Å². The molecular formula is C30H39N5O5. The molecule has 10 heteroatoms. The van der Waals surface area contributed by atoms with Gasteiger partial charge in [-0.3, -0.25) is 14.3 Å². The number of oxazole rings is 1. The Morgan fingerprint density at radius 1 is 1.10 bits per heavy atom. The van der Waals surface area contributed by atoms with E-state index in [4.69, 9.17) is 19.0 Å². The molecule has 0 bridgehead atoms. The van der Waals surface area contributed by atoms with Gasteiger partial charge in [-0.15, -0.1) is 0 Å². The average Bonchev–Trinajstić information content (AvgIpc) is 3.35. The standard InChI is InChI=1S/C30H39N5O5/c1-6-22(7-2)33-28(37)26-15-31-29(39-26)21-10-8-9-20(13-21)24-14-25(27(36)32-18(3)19-11-12-19)35(34-24)16-23-17-38-30(4,5)40-23/h8-10,13-15,18-19,22-23H,6-7,11-12,16-17H2,1-5H3,(H,32,36)(H,33,37)/t18-,23?/m0/s1. The second kappa shape index (κ2) is 11.5. The lowest BCUT2D eigenvalue weighted by atomic mass is 10.1. The van der Waals surface area contributed by atoms with Crippen molar-refractivity contribution in [2.45, 2.75) is 90.8 Å². The second-order valence-corrected chi connectivity index (χ2v) is 11.2. The van der Waals surface area contributed by atoms with E-state index in [1.807, 2.05) is 58.9 Å². The molecule has 0 spiro atoms. The van der Waals surface area contributed by atoms with Crippen LogP contribution in [-0.2, 0) is 16.0 Å². The lowest BCUT2D eigenvalue weighted by molar-refractivity contribution is -0.139. The van der Waals surface area contributed by atoms with Gasteiger partial charge in [-0.2, -0.15) is 5.10 Å². The normalized spacial score (nSPS) is 19.1. The summed E-state index contributed by atoms with van der Waals surface area (Å²) in [6, 6.07) is 9.56. The summed E-state index contributed by atoms with van der Waals surface area (Å²) < 4.78 is 19.3. The zero-order chi connectivity index (χ0) is 28.4. The molecule has 2 N–H and O–H groups in total. The lowest BCUT2D eigenvalue weighted by Gasteiger charge is -2.18. The third kappa shape index (κ3) is 6.45. The van der Waals surface area contributed by atoms with Crippen LogP contribution >= 0.6 is 0 Å². The van der Waals surface area contributed by atoms with Crippen molar-refractivity contribution in [3.8, 4) is 22.7 Å². The van der Waals surface area contributed by atoms with Crippen LogP contribution in [0, 0.1) is 5.92 Å². The van der Waals surface area contributed by atoms with Crippen molar-refractivity contribution in [2.75, 3.05) is 6.61 Å². The van der Waals surface area contributed by atoms with Gasteiger partial charge in [-0.05, 0) is 70.6 Å². The topological polar surface area (TPSA) is 121 Å². The molecule has 2 fully saturated rings. The molecule has 10 nitrogen and oxygen atoms in total. The number of benzene rings is 1. The lowest BCUT2D eigenvalue weighted by Crippen LogP contribution is -2.36. The van der Waals surface area contributed by atoms with Crippen LogP contribution in [0.1, 0.15) is 81.3 Å². The number of rotatable bonds is 11. The molecule has 3 aromatic rings. The maximum absolute atomic E-state index is 13.3. The van der Waals surface area contributed by atoms with E-state index < -0.39 is 5.79 Å². The van der Waals surface area contributed by atoms with Gasteiger partial charge in [0.05, 0.1) is 25.0 Å². The zero-order valence-corrected chi connectivity index (χ0v) is 23.9. The summed E-state index contributed by atoms with van der Waals surface area (Å²) in [5.74, 6) is -0.0649. The van der Waals surface area contributed by atoms with E-state index in [9.17, 15) is 9.59 Å². The van der Waals surface area contributed by atoms with E-state index in [1.165, 1.54) is 6.20 Å². The number of nitrogens with zero attached hydrogens (tertiary/aromatic N) is 3. The van der Waals surface area contributed by atoms with Gasteiger partial charge in [0, 0.05) is 23.2 Å². The number of carbonyl (C=O) groups is 2. The fraction of sp³-hybridized carbons (Fsp3) is 0.533. The Morgan fingerprint density at radius 2 is 1.85 bits per heavy atom. The summed E-state index contributed by atoms with van der Waals surface area (Å²) in [5.41, 5.74) is 2.61. The molecule has 3 heterocycles. The quantitative estimate of drug-likeness (QED) is 0.352. The smallest absolute Gasteiger partial charge is 0.288 e. The summed E-state index contributed by atoms with van der Waals surface area (Å²) in [4.78, 5) is 30.3. The number of hydrogen-bond donors (Lipinski definition) is 2. The fourth-order valence-corrected chi connectivity index (χ4v) is 4.99. The van der Waals surface area contributed by atoms with Crippen LogP contribution in [0.15, 0.2) is 40.9 Å². The molecule has 1 saturated heterocycles. The zero-order valence-electron chi connectivity index (χ0n) is 23.9. The molecule has 2 aliphatic rings. The Morgan fingerprint density at radius 3 is 2.52 bits per heavy atom. The van der Waals surface area contributed by atoms with Gasteiger partial charge in [0.2, 0.25) is 11.7 Å². The van der Waals surface area contributed by atoms with Gasteiger partial charge in [-0.1, -0.05) is 26.0 Å². The van der Waals surface area contributed by atoms with Crippen LogP contribution in [0.2, 0.25) is 0 Å². The van der Waals surface area contributed by atoms with E-state index in [0.717, 1.165) is 31.2 Å². The maximum Gasteiger partial charge on any atom is 0.288 e. The van der Waals surface area contributed by atoms with E-state index in [-0.39, 0.29) is 35.8 Å². The van der Waals surface area contributed by atoms with Crippen molar-refractivity contribution in [3.63, 3.8) is 0 Å². The van der Waals surface area contributed by atoms with Crippen LogP contribution in [0.4, 0.5) is 0 Å². The predicted molar refractivity (Wildman–Crippen MR) is 150 cm³/mol. The fourth-order valence-electron chi connectivity index (χ4n) is 4.99. The first kappa shape index (κ1) is 28.0. The minimum Gasteiger partial charge on any atom is -0.431 e. The van der Waals surface area contributed by atoms with Gasteiger partial charge >= 0.3 is 0 Å². The van der Waals surface area contributed by atoms with Crippen molar-refractivity contribution in [2.24, 2.45) is 5.92 Å². The third-order valence-corrected chi connectivity index (χ3v) is 7.60. The van der Waals surface area contributed by atoms with Crippen LogP contribution in [0.5, 0.6) is 0 Å². The minimum atomic E-state index is -0.669. The highest BCUT2D eigenvalue weighted by molar-refractivity contribution is 5.94. The maximum atomic E-state index is 13.3. The minimum absolute atomic E-state index is 0.0883. The van der Waals surface area contributed by atoms with Crippen LogP contribution in [-0.4, -0.2) is 57.2 Å². The van der Waals surface area contributed by atoms with Gasteiger partial charge in [0.1, 0.15) is 11.8 Å². The van der Waals surface area contributed by atoms with Crippen LogP contribution in [0.3, 0.4) is 0 Å². The molecule has 214 valence electrons. The SMILES string of the molecule is CCC(CC)NC(=O)c1cnc(-c2cccc(-c3cc(C(=O)N[C@@H](C)C4CC4)n(CC4COC(C)(C)O4)n3)c2)o1. The Labute approximate surface area is 234 Å². The molecule has 1 saturated carbocycles. The summed E-state index contributed by atoms with van der Waals surface area (Å²) in [6.45, 7) is 10.7. The number of ether oxygens (including phenoxy) is 2. The van der Waals surface area contributed by atoms with E-state index in [0.29, 0.717) is 41.9 Å². The molecule has 1 aliphatic carbocycles. The van der Waals surface area contributed by atoms with Gasteiger partial charge in [0.25, 0.3) is 11.8 Å². The number of carbonyl (C=O) groups excluding carboxylic acids is 2. The summed E-state index contributed by atoms with van der Waals surface area (Å²) in [6.07, 6.45) is 5.19. The summed E-state index contributed by atoms with van der Waals surface area (Å²) in [7, 11) is 0. The van der Waals surface area contributed by atoms with Crippen LogP contribution < -0.4 is 10.6 Å². The average molecular weight is 550 g/mol. The predicted octanol–water partition coefficient (Wildman–Crippen LogP) is 4.80. The monoisotopic (exact) mass is 549 g/mol. The number of hydrogen-bond acceptors (Lipinski definition) is 7.